The molecule has 1 aliphatic rings. The van der Waals surface area contributed by atoms with E-state index in [1.807, 2.05) is 0 Å². The fourth-order valence-corrected chi connectivity index (χ4v) is 2.34. The summed E-state index contributed by atoms with van der Waals surface area (Å²) in [7, 11) is 0. The van der Waals surface area contributed by atoms with E-state index in [0.717, 1.165) is 32.5 Å². The molecule has 1 aromatic carbocycles. The van der Waals surface area contributed by atoms with E-state index in [2.05, 4.69) is 48.2 Å². The summed E-state index contributed by atoms with van der Waals surface area (Å²) in [5, 5.41) is 0. The highest BCUT2D eigenvalue weighted by atomic mass is 15.1. The fourth-order valence-electron chi connectivity index (χ4n) is 2.34. The zero-order chi connectivity index (χ0) is 12.1. The van der Waals surface area contributed by atoms with E-state index in [9.17, 15) is 0 Å². The van der Waals surface area contributed by atoms with Gasteiger partial charge in [-0.25, -0.2) is 0 Å². The average Bonchev–Trinajstić information content (AvgIpc) is 2.33. The minimum atomic E-state index is 0.421. The molecule has 0 unspecified atom stereocenters. The zero-order valence-electron chi connectivity index (χ0n) is 10.6. The van der Waals surface area contributed by atoms with E-state index in [1.54, 1.807) is 0 Å². The molecule has 0 aliphatic carbocycles. The molecule has 0 spiro atoms. The lowest BCUT2D eigenvalue weighted by molar-refractivity contribution is 0.229. The summed E-state index contributed by atoms with van der Waals surface area (Å²) in [5.41, 5.74) is 8.62. The van der Waals surface area contributed by atoms with Crippen LogP contribution in [0.2, 0.25) is 0 Å². The van der Waals surface area contributed by atoms with Crippen molar-refractivity contribution in [3.63, 3.8) is 0 Å². The Morgan fingerprint density at radius 1 is 1.29 bits per heavy atom. The predicted octanol–water partition coefficient (Wildman–Crippen LogP) is 2.51. The molecule has 1 heterocycles. The highest BCUT2D eigenvalue weighted by Gasteiger charge is 2.15. The second kappa shape index (κ2) is 5.99. The highest BCUT2D eigenvalue weighted by Crippen LogP contribution is 2.12. The van der Waals surface area contributed by atoms with Crippen LogP contribution in [-0.4, -0.2) is 30.6 Å². The van der Waals surface area contributed by atoms with Gasteiger partial charge >= 0.3 is 0 Å². The number of rotatable bonds is 3. The maximum Gasteiger partial charge on any atom is 0.0193 e. The molecule has 17 heavy (non-hydrogen) atoms. The Kier molecular flexibility index (Phi) is 4.35. The van der Waals surface area contributed by atoms with Crippen LogP contribution in [0.4, 0.5) is 0 Å². The van der Waals surface area contributed by atoms with Gasteiger partial charge in [-0.05, 0) is 38.4 Å². The predicted molar refractivity (Wildman–Crippen MR) is 73.7 cm³/mol. The second-order valence-electron chi connectivity index (χ2n) is 5.01. The van der Waals surface area contributed by atoms with Gasteiger partial charge in [0, 0.05) is 12.6 Å². The number of nitrogens with zero attached hydrogens (tertiary/aromatic N) is 1. The molecule has 1 fully saturated rings. The highest BCUT2D eigenvalue weighted by molar-refractivity contribution is 5.52. The number of nitrogens with two attached hydrogens (primary N) is 1. The van der Waals surface area contributed by atoms with Crippen LogP contribution in [0.15, 0.2) is 35.9 Å². The fraction of sp³-hybridized carbons (Fsp3) is 0.467. The summed E-state index contributed by atoms with van der Waals surface area (Å²) in [6.45, 7) is 5.56. The summed E-state index contributed by atoms with van der Waals surface area (Å²) < 4.78 is 0. The van der Waals surface area contributed by atoms with E-state index in [-0.39, 0.29) is 0 Å². The molecule has 0 radical (unpaired) electrons. The van der Waals surface area contributed by atoms with Crippen molar-refractivity contribution < 1.29 is 0 Å². The zero-order valence-corrected chi connectivity index (χ0v) is 10.6. The molecular formula is C15H22N2. The molecule has 1 aromatic rings. The van der Waals surface area contributed by atoms with Gasteiger partial charge in [-0.15, -0.1) is 0 Å². The lowest BCUT2D eigenvalue weighted by Gasteiger charge is -2.30. The second-order valence-corrected chi connectivity index (χ2v) is 5.01. The van der Waals surface area contributed by atoms with Crippen molar-refractivity contribution in [2.75, 3.05) is 19.6 Å². The smallest absolute Gasteiger partial charge is 0.0193 e. The third-order valence-corrected chi connectivity index (χ3v) is 3.32. The molecule has 2 rings (SSSR count). The third kappa shape index (κ3) is 3.99. The van der Waals surface area contributed by atoms with Crippen molar-refractivity contribution in [1.29, 1.82) is 0 Å². The van der Waals surface area contributed by atoms with Crippen molar-refractivity contribution in [3.8, 4) is 0 Å². The molecule has 92 valence electrons. The monoisotopic (exact) mass is 230 g/mol. The first-order valence-electron chi connectivity index (χ1n) is 6.44. The minimum absolute atomic E-state index is 0.421. The Balaban J connectivity index is 1.88. The lowest BCUT2D eigenvalue weighted by Crippen LogP contribution is -2.40. The van der Waals surface area contributed by atoms with Gasteiger partial charge in [0.05, 0.1) is 0 Å². The molecule has 2 heteroatoms. The van der Waals surface area contributed by atoms with Crippen LogP contribution < -0.4 is 5.73 Å². The topological polar surface area (TPSA) is 29.3 Å². The Bertz CT molecular complexity index is 362. The number of hydrogen-bond acceptors (Lipinski definition) is 2. The van der Waals surface area contributed by atoms with Crippen LogP contribution in [0.5, 0.6) is 0 Å². The van der Waals surface area contributed by atoms with Crippen LogP contribution in [0, 0.1) is 0 Å². The summed E-state index contributed by atoms with van der Waals surface area (Å²) in [6.07, 6.45) is 4.55. The van der Waals surface area contributed by atoms with Gasteiger partial charge in [0.1, 0.15) is 0 Å². The van der Waals surface area contributed by atoms with Crippen molar-refractivity contribution in [3.05, 3.63) is 41.5 Å². The van der Waals surface area contributed by atoms with Crippen LogP contribution in [0.25, 0.3) is 6.08 Å². The molecule has 0 atom stereocenters. The van der Waals surface area contributed by atoms with Crippen LogP contribution >= 0.6 is 0 Å². The first-order valence-corrected chi connectivity index (χ1v) is 6.44. The van der Waals surface area contributed by atoms with Gasteiger partial charge in [-0.3, -0.25) is 4.90 Å². The quantitative estimate of drug-likeness (QED) is 0.864. The van der Waals surface area contributed by atoms with Gasteiger partial charge in [0.25, 0.3) is 0 Å². The van der Waals surface area contributed by atoms with Crippen molar-refractivity contribution in [2.24, 2.45) is 5.73 Å². The molecule has 0 saturated carbocycles. The van der Waals surface area contributed by atoms with Gasteiger partial charge in [-0.2, -0.15) is 0 Å². The molecule has 1 saturated heterocycles. The first kappa shape index (κ1) is 12.3. The van der Waals surface area contributed by atoms with E-state index in [0.29, 0.717) is 6.04 Å². The van der Waals surface area contributed by atoms with E-state index < -0.39 is 0 Å². The summed E-state index contributed by atoms with van der Waals surface area (Å²) in [6, 6.07) is 10.9. The summed E-state index contributed by atoms with van der Waals surface area (Å²) >= 11 is 0. The maximum atomic E-state index is 5.91. The van der Waals surface area contributed by atoms with Crippen LogP contribution in [-0.2, 0) is 0 Å². The van der Waals surface area contributed by atoms with Crippen molar-refractivity contribution in [1.82, 2.24) is 4.90 Å². The van der Waals surface area contributed by atoms with Crippen molar-refractivity contribution >= 4 is 6.08 Å². The Hall–Kier alpha value is -1.12. The average molecular weight is 230 g/mol. The SMILES string of the molecule is CC(=Cc1ccccc1)CN1CCC(N)CC1. The Morgan fingerprint density at radius 3 is 2.59 bits per heavy atom. The van der Waals surface area contributed by atoms with Gasteiger partial charge < -0.3 is 5.73 Å². The summed E-state index contributed by atoms with van der Waals surface area (Å²) in [5.74, 6) is 0. The number of likely N-dealkylation sites (tertiary alicyclic amines) is 1. The largest absolute Gasteiger partial charge is 0.328 e. The Morgan fingerprint density at radius 2 is 1.94 bits per heavy atom. The van der Waals surface area contributed by atoms with Crippen LogP contribution in [0.3, 0.4) is 0 Å². The normalized spacial score (nSPS) is 19.5. The molecule has 2 nitrogen and oxygen atoms in total. The molecule has 0 bridgehead atoms. The summed E-state index contributed by atoms with van der Waals surface area (Å²) in [4.78, 5) is 2.50. The standard InChI is InChI=1S/C15H22N2/c1-13(11-14-5-3-2-4-6-14)12-17-9-7-15(16)8-10-17/h2-6,11,15H,7-10,12,16H2,1H3. The van der Waals surface area contributed by atoms with Crippen LogP contribution in [0.1, 0.15) is 25.3 Å². The van der Waals surface area contributed by atoms with E-state index in [1.165, 1.54) is 11.1 Å². The van der Waals surface area contributed by atoms with Gasteiger partial charge in [0.2, 0.25) is 0 Å². The van der Waals surface area contributed by atoms with Gasteiger partial charge in [-0.1, -0.05) is 42.0 Å². The molecule has 2 N–H and O–H groups in total. The third-order valence-electron chi connectivity index (χ3n) is 3.32. The van der Waals surface area contributed by atoms with Crippen molar-refractivity contribution in [2.45, 2.75) is 25.8 Å². The maximum absolute atomic E-state index is 5.91. The number of hydrogen-bond donors (Lipinski definition) is 1. The Labute approximate surface area is 104 Å². The molecule has 0 amide bonds. The number of piperidine rings is 1. The molecule has 1 aliphatic heterocycles. The molecular weight excluding hydrogens is 208 g/mol. The van der Waals surface area contributed by atoms with Gasteiger partial charge in [0.15, 0.2) is 0 Å². The minimum Gasteiger partial charge on any atom is -0.328 e. The van der Waals surface area contributed by atoms with E-state index in [4.69, 9.17) is 5.73 Å². The lowest BCUT2D eigenvalue weighted by atomic mass is 10.1. The number of benzene rings is 1. The van der Waals surface area contributed by atoms with E-state index >= 15 is 0 Å². The molecule has 0 aromatic heterocycles. The first-order chi connectivity index (χ1) is 8.24.